The molecule has 5 aromatic rings. The van der Waals surface area contributed by atoms with Crippen LogP contribution in [-0.2, 0) is 12.3 Å². The van der Waals surface area contributed by atoms with Crippen molar-refractivity contribution < 1.29 is 0 Å². The van der Waals surface area contributed by atoms with Gasteiger partial charge in [-0.15, -0.1) is 17.9 Å². The van der Waals surface area contributed by atoms with Gasteiger partial charge in [-0.25, -0.2) is 9.97 Å². The second-order valence-electron chi connectivity index (χ2n) is 7.97. The molecule has 0 unspecified atom stereocenters. The van der Waals surface area contributed by atoms with Gasteiger partial charge in [0.25, 0.3) is 11.1 Å². The highest BCUT2D eigenvalue weighted by atomic mass is 32.2. The highest BCUT2D eigenvalue weighted by Crippen LogP contribution is 2.36. The molecule has 3 aromatic heterocycles. The van der Waals surface area contributed by atoms with Crippen molar-refractivity contribution in [3.05, 3.63) is 98.8 Å². The standard InChI is InChI=1S/C26H22N4O2S2/c1-4-13-30-25(32)20-16(3)22(17-10-6-5-7-11-17)34-24(20)29-26(30)33-14-19-27-21-15(2)9-8-12-18(21)23(31)28-19/h4-12H,1,13-14H2,2-3H3,(H,27,28,31). The van der Waals surface area contributed by atoms with Crippen LogP contribution in [0.2, 0.25) is 0 Å². The Hall–Kier alpha value is -3.49. The predicted molar refractivity (Wildman–Crippen MR) is 141 cm³/mol. The highest BCUT2D eigenvalue weighted by Gasteiger charge is 2.19. The van der Waals surface area contributed by atoms with Crippen LogP contribution in [0.3, 0.4) is 0 Å². The van der Waals surface area contributed by atoms with E-state index in [2.05, 4.69) is 16.5 Å². The molecule has 0 amide bonds. The number of benzene rings is 2. The fourth-order valence-corrected chi connectivity index (χ4v) is 6.12. The fourth-order valence-electron chi connectivity index (χ4n) is 4.02. The van der Waals surface area contributed by atoms with Crippen LogP contribution in [-0.4, -0.2) is 19.5 Å². The molecule has 0 atom stereocenters. The van der Waals surface area contributed by atoms with Crippen molar-refractivity contribution in [2.75, 3.05) is 0 Å². The molecule has 1 N–H and O–H groups in total. The lowest BCUT2D eigenvalue weighted by Gasteiger charge is -2.10. The third-order valence-corrected chi connectivity index (χ3v) is 7.91. The number of thiophene rings is 1. The van der Waals surface area contributed by atoms with Crippen LogP contribution < -0.4 is 11.1 Å². The van der Waals surface area contributed by atoms with Crippen LogP contribution in [0.4, 0.5) is 0 Å². The molecule has 3 heterocycles. The Balaban J connectivity index is 1.58. The van der Waals surface area contributed by atoms with E-state index >= 15 is 0 Å². The minimum Gasteiger partial charge on any atom is -0.309 e. The monoisotopic (exact) mass is 486 g/mol. The molecule has 0 aliphatic carbocycles. The lowest BCUT2D eigenvalue weighted by Crippen LogP contribution is -2.22. The summed E-state index contributed by atoms with van der Waals surface area (Å²) in [5.74, 6) is 0.924. The van der Waals surface area contributed by atoms with Crippen LogP contribution in [0.25, 0.3) is 31.6 Å². The lowest BCUT2D eigenvalue weighted by atomic mass is 10.1. The van der Waals surface area contributed by atoms with Crippen molar-refractivity contribution >= 4 is 44.2 Å². The molecule has 8 heteroatoms. The van der Waals surface area contributed by atoms with E-state index in [4.69, 9.17) is 4.98 Å². The summed E-state index contributed by atoms with van der Waals surface area (Å²) in [6, 6.07) is 15.6. The molecule has 34 heavy (non-hydrogen) atoms. The Bertz CT molecular complexity index is 1670. The molecule has 6 nitrogen and oxygen atoms in total. The van der Waals surface area contributed by atoms with Crippen LogP contribution >= 0.6 is 23.1 Å². The number of hydrogen-bond donors (Lipinski definition) is 1. The van der Waals surface area contributed by atoms with E-state index in [1.54, 1.807) is 16.7 Å². The first-order chi connectivity index (χ1) is 16.5. The number of fused-ring (bicyclic) bond motifs is 2. The minimum absolute atomic E-state index is 0.0841. The average Bonchev–Trinajstić information content (AvgIpc) is 3.17. The number of aromatic nitrogens is 4. The number of para-hydroxylation sites is 1. The molecule has 5 rings (SSSR count). The van der Waals surface area contributed by atoms with E-state index < -0.39 is 0 Å². The normalized spacial score (nSPS) is 11.4. The van der Waals surface area contributed by atoms with Gasteiger partial charge in [0.1, 0.15) is 10.7 Å². The lowest BCUT2D eigenvalue weighted by molar-refractivity contribution is 0.672. The molecule has 170 valence electrons. The van der Waals surface area contributed by atoms with Crippen molar-refractivity contribution in [2.45, 2.75) is 31.3 Å². The third kappa shape index (κ3) is 3.89. The van der Waals surface area contributed by atoms with Crippen LogP contribution in [0.5, 0.6) is 0 Å². The number of allylic oxidation sites excluding steroid dienone is 1. The fraction of sp³-hybridized carbons (Fsp3) is 0.154. The Morgan fingerprint density at radius 2 is 1.88 bits per heavy atom. The summed E-state index contributed by atoms with van der Waals surface area (Å²) in [6.07, 6.45) is 1.69. The van der Waals surface area contributed by atoms with E-state index in [1.165, 1.54) is 23.1 Å². The summed E-state index contributed by atoms with van der Waals surface area (Å²) in [5.41, 5.74) is 3.39. The summed E-state index contributed by atoms with van der Waals surface area (Å²) in [4.78, 5) is 40.2. The van der Waals surface area contributed by atoms with E-state index in [0.717, 1.165) is 21.6 Å². The van der Waals surface area contributed by atoms with E-state index in [-0.39, 0.29) is 11.1 Å². The number of hydrogen-bond acceptors (Lipinski definition) is 6. The van der Waals surface area contributed by atoms with Gasteiger partial charge in [-0.1, -0.05) is 60.3 Å². The smallest absolute Gasteiger partial charge is 0.263 e. The molecule has 0 saturated carbocycles. The summed E-state index contributed by atoms with van der Waals surface area (Å²) >= 11 is 2.90. The first-order valence-electron chi connectivity index (χ1n) is 10.8. The quantitative estimate of drug-likeness (QED) is 0.196. The van der Waals surface area contributed by atoms with Crippen LogP contribution in [0.1, 0.15) is 17.0 Å². The Labute approximate surface area is 204 Å². The van der Waals surface area contributed by atoms with E-state index in [0.29, 0.717) is 44.4 Å². The SMILES string of the molecule is C=CCn1c(SCc2nc3c(C)cccc3c(=O)[nH]2)nc2sc(-c3ccccc3)c(C)c2c1=O. The third-order valence-electron chi connectivity index (χ3n) is 5.69. The summed E-state index contributed by atoms with van der Waals surface area (Å²) in [5, 5.41) is 1.79. The topological polar surface area (TPSA) is 80.6 Å². The van der Waals surface area contributed by atoms with Crippen LogP contribution in [0, 0.1) is 13.8 Å². The molecule has 2 aromatic carbocycles. The van der Waals surface area contributed by atoms with E-state index in [1.807, 2.05) is 56.3 Å². The van der Waals surface area contributed by atoms with Gasteiger partial charge in [-0.2, -0.15) is 0 Å². The molecule has 0 fully saturated rings. The number of aromatic amines is 1. The molecular formula is C26H22N4O2S2. The second kappa shape index (κ2) is 9.04. The van der Waals surface area contributed by atoms with Crippen molar-refractivity contribution in [3.63, 3.8) is 0 Å². The molecule has 0 bridgehead atoms. The Morgan fingerprint density at radius 1 is 1.09 bits per heavy atom. The van der Waals surface area contributed by atoms with Gasteiger partial charge in [-0.05, 0) is 36.6 Å². The molecule has 0 radical (unpaired) electrons. The Morgan fingerprint density at radius 3 is 2.65 bits per heavy atom. The maximum Gasteiger partial charge on any atom is 0.263 e. The molecule has 0 aliphatic rings. The molecule has 0 spiro atoms. The van der Waals surface area contributed by atoms with Gasteiger partial charge in [0, 0.05) is 11.4 Å². The molecular weight excluding hydrogens is 464 g/mol. The average molecular weight is 487 g/mol. The van der Waals surface area contributed by atoms with Gasteiger partial charge in [-0.3, -0.25) is 14.2 Å². The maximum atomic E-state index is 13.5. The molecule has 0 aliphatic heterocycles. The minimum atomic E-state index is -0.169. The highest BCUT2D eigenvalue weighted by molar-refractivity contribution is 7.98. The van der Waals surface area contributed by atoms with Crippen molar-refractivity contribution in [2.24, 2.45) is 0 Å². The van der Waals surface area contributed by atoms with Gasteiger partial charge >= 0.3 is 0 Å². The maximum absolute atomic E-state index is 13.5. The van der Waals surface area contributed by atoms with Gasteiger partial charge < -0.3 is 4.98 Å². The summed E-state index contributed by atoms with van der Waals surface area (Å²) < 4.78 is 1.64. The Kier molecular flexibility index (Phi) is 5.93. The largest absolute Gasteiger partial charge is 0.309 e. The first-order valence-corrected chi connectivity index (χ1v) is 12.6. The van der Waals surface area contributed by atoms with Crippen molar-refractivity contribution in [3.8, 4) is 10.4 Å². The zero-order chi connectivity index (χ0) is 23.8. The predicted octanol–water partition coefficient (Wildman–Crippen LogP) is 5.46. The van der Waals surface area contributed by atoms with Gasteiger partial charge in [0.05, 0.1) is 22.0 Å². The molecule has 0 saturated heterocycles. The zero-order valence-electron chi connectivity index (χ0n) is 18.8. The van der Waals surface area contributed by atoms with Crippen LogP contribution in [0.15, 0.2) is 75.9 Å². The second-order valence-corrected chi connectivity index (χ2v) is 9.92. The first kappa shape index (κ1) is 22.3. The number of nitrogens with one attached hydrogen (secondary N) is 1. The summed E-state index contributed by atoms with van der Waals surface area (Å²) in [7, 11) is 0. The number of nitrogens with zero attached hydrogens (tertiary/aromatic N) is 3. The van der Waals surface area contributed by atoms with Gasteiger partial charge in [0.15, 0.2) is 5.16 Å². The van der Waals surface area contributed by atoms with Crippen molar-refractivity contribution in [1.29, 1.82) is 0 Å². The number of thioether (sulfide) groups is 1. The number of H-pyrrole nitrogens is 1. The van der Waals surface area contributed by atoms with Gasteiger partial charge in [0.2, 0.25) is 0 Å². The zero-order valence-corrected chi connectivity index (χ0v) is 20.4. The number of aryl methyl sites for hydroxylation is 2. The summed E-state index contributed by atoms with van der Waals surface area (Å²) in [6.45, 7) is 8.07. The van der Waals surface area contributed by atoms with E-state index in [9.17, 15) is 9.59 Å². The van der Waals surface area contributed by atoms with Crippen molar-refractivity contribution in [1.82, 2.24) is 19.5 Å². The number of rotatable bonds is 6.